The zero-order valence-electron chi connectivity index (χ0n) is 20.4. The van der Waals surface area contributed by atoms with Gasteiger partial charge in [0.1, 0.15) is 17.2 Å². The van der Waals surface area contributed by atoms with Gasteiger partial charge in [0.05, 0.1) is 25.9 Å². The van der Waals surface area contributed by atoms with Crippen molar-refractivity contribution in [1.82, 2.24) is 9.80 Å². The molecule has 1 aromatic heterocycles. The van der Waals surface area contributed by atoms with Crippen LogP contribution in [0.4, 0.5) is 10.5 Å². The van der Waals surface area contributed by atoms with Crippen LogP contribution < -0.4 is 10.1 Å². The third kappa shape index (κ3) is 6.23. The molecule has 36 heavy (non-hydrogen) atoms. The summed E-state index contributed by atoms with van der Waals surface area (Å²) < 4.78 is 10.7. The van der Waals surface area contributed by atoms with E-state index in [-0.39, 0.29) is 11.9 Å². The Kier molecular flexibility index (Phi) is 8.22. The van der Waals surface area contributed by atoms with Gasteiger partial charge in [-0.15, -0.1) is 11.3 Å². The van der Waals surface area contributed by atoms with Gasteiger partial charge < -0.3 is 24.6 Å². The van der Waals surface area contributed by atoms with E-state index in [1.807, 2.05) is 41.3 Å². The molecule has 0 saturated carbocycles. The Morgan fingerprint density at radius 3 is 2.67 bits per heavy atom. The lowest BCUT2D eigenvalue weighted by atomic mass is 10.1. The fourth-order valence-electron chi connectivity index (χ4n) is 4.05. The molecule has 0 atom stereocenters. The van der Waals surface area contributed by atoms with Gasteiger partial charge in [-0.2, -0.15) is 0 Å². The molecule has 1 N–H and O–H groups in total. The second-order valence-corrected chi connectivity index (χ2v) is 9.39. The monoisotopic (exact) mass is 507 g/mol. The minimum atomic E-state index is -0.489. The molecule has 2 aromatic carbocycles. The van der Waals surface area contributed by atoms with Gasteiger partial charge in [0.15, 0.2) is 0 Å². The van der Waals surface area contributed by atoms with Gasteiger partial charge in [-0.1, -0.05) is 36.4 Å². The number of thiophene rings is 1. The number of urea groups is 1. The molecule has 4 rings (SSSR count). The molecule has 0 unspecified atom stereocenters. The molecular weight excluding hydrogens is 478 g/mol. The first-order valence-corrected chi connectivity index (χ1v) is 12.6. The highest BCUT2D eigenvalue weighted by molar-refractivity contribution is 7.12. The van der Waals surface area contributed by atoms with Crippen LogP contribution in [0, 0.1) is 0 Å². The summed E-state index contributed by atoms with van der Waals surface area (Å²) >= 11 is 1.21. The van der Waals surface area contributed by atoms with Crippen LogP contribution in [0.1, 0.15) is 33.3 Å². The minimum Gasteiger partial charge on any atom is -0.491 e. The number of esters is 1. The van der Waals surface area contributed by atoms with Crippen LogP contribution in [0.25, 0.3) is 0 Å². The van der Waals surface area contributed by atoms with E-state index in [0.29, 0.717) is 43.4 Å². The molecule has 3 amide bonds. The molecule has 2 heterocycles. The average molecular weight is 508 g/mol. The number of rotatable bonds is 7. The summed E-state index contributed by atoms with van der Waals surface area (Å²) in [6, 6.07) is 17.3. The van der Waals surface area contributed by atoms with Crippen LogP contribution >= 0.6 is 11.3 Å². The molecule has 0 aliphatic carbocycles. The predicted molar refractivity (Wildman–Crippen MR) is 138 cm³/mol. The molecule has 0 bridgehead atoms. The predicted octanol–water partition coefficient (Wildman–Crippen LogP) is 4.55. The van der Waals surface area contributed by atoms with Crippen molar-refractivity contribution in [2.45, 2.75) is 26.4 Å². The number of methoxy groups -OCH3 is 1. The molecule has 8 nitrogen and oxygen atoms in total. The van der Waals surface area contributed by atoms with Crippen molar-refractivity contribution in [2.75, 3.05) is 32.1 Å². The van der Waals surface area contributed by atoms with Crippen LogP contribution in [0.5, 0.6) is 5.75 Å². The highest BCUT2D eigenvalue weighted by Gasteiger charge is 2.23. The zero-order chi connectivity index (χ0) is 25.5. The molecule has 0 spiro atoms. The lowest BCUT2D eigenvalue weighted by molar-refractivity contribution is -0.129. The SMILES string of the molecule is COC(=O)c1sccc1NC(=O)N1CCOc2ccc(CN(CCc3ccccc3)C(C)=O)cc2C1. The summed E-state index contributed by atoms with van der Waals surface area (Å²) in [6.45, 7) is 3.76. The van der Waals surface area contributed by atoms with E-state index in [1.165, 1.54) is 24.0 Å². The van der Waals surface area contributed by atoms with Crippen LogP contribution in [0.3, 0.4) is 0 Å². The Hall–Kier alpha value is -3.85. The van der Waals surface area contributed by atoms with Gasteiger partial charge in [0.2, 0.25) is 5.91 Å². The second kappa shape index (κ2) is 11.7. The molecule has 3 aromatic rings. The normalized spacial score (nSPS) is 12.7. The van der Waals surface area contributed by atoms with Crippen molar-refractivity contribution in [3.05, 3.63) is 81.5 Å². The first kappa shape index (κ1) is 25.2. The number of amides is 3. The Balaban J connectivity index is 1.44. The zero-order valence-corrected chi connectivity index (χ0v) is 21.2. The highest BCUT2D eigenvalue weighted by atomic mass is 32.1. The van der Waals surface area contributed by atoms with Crippen molar-refractivity contribution < 1.29 is 23.9 Å². The molecular formula is C27H29N3O5S. The van der Waals surface area contributed by atoms with Crippen LogP contribution in [0.15, 0.2) is 60.0 Å². The van der Waals surface area contributed by atoms with Gasteiger partial charge >= 0.3 is 12.0 Å². The molecule has 9 heteroatoms. The Morgan fingerprint density at radius 2 is 1.92 bits per heavy atom. The van der Waals surface area contributed by atoms with E-state index < -0.39 is 5.97 Å². The van der Waals surface area contributed by atoms with Crippen LogP contribution in [0.2, 0.25) is 0 Å². The van der Waals surface area contributed by atoms with E-state index in [0.717, 1.165) is 23.3 Å². The van der Waals surface area contributed by atoms with Crippen molar-refractivity contribution >= 4 is 34.9 Å². The largest absolute Gasteiger partial charge is 0.491 e. The van der Waals surface area contributed by atoms with Gasteiger partial charge in [-0.05, 0) is 41.1 Å². The summed E-state index contributed by atoms with van der Waals surface area (Å²) in [5.74, 6) is 0.241. The summed E-state index contributed by atoms with van der Waals surface area (Å²) in [6.07, 6.45) is 0.776. The number of nitrogens with one attached hydrogen (secondary N) is 1. The minimum absolute atomic E-state index is 0.00954. The second-order valence-electron chi connectivity index (χ2n) is 8.47. The Bertz CT molecular complexity index is 1230. The maximum Gasteiger partial charge on any atom is 0.350 e. The van der Waals surface area contributed by atoms with E-state index >= 15 is 0 Å². The molecule has 0 radical (unpaired) electrons. The third-order valence-corrected chi connectivity index (χ3v) is 6.90. The van der Waals surface area contributed by atoms with E-state index in [2.05, 4.69) is 17.4 Å². The van der Waals surface area contributed by atoms with E-state index in [1.54, 1.807) is 23.3 Å². The third-order valence-electron chi connectivity index (χ3n) is 6.00. The number of carbonyl (C=O) groups is 3. The van der Waals surface area contributed by atoms with Crippen molar-refractivity contribution in [3.8, 4) is 5.75 Å². The van der Waals surface area contributed by atoms with Crippen LogP contribution in [-0.2, 0) is 29.0 Å². The molecule has 1 aliphatic rings. The lowest BCUT2D eigenvalue weighted by Crippen LogP contribution is -2.36. The quantitative estimate of drug-likeness (QED) is 0.474. The Morgan fingerprint density at radius 1 is 1.11 bits per heavy atom. The topological polar surface area (TPSA) is 88.2 Å². The summed E-state index contributed by atoms with van der Waals surface area (Å²) in [7, 11) is 1.31. The number of hydrogen-bond acceptors (Lipinski definition) is 6. The number of anilines is 1. The maximum atomic E-state index is 13.0. The first-order valence-electron chi connectivity index (χ1n) is 11.7. The van der Waals surface area contributed by atoms with Crippen molar-refractivity contribution in [3.63, 3.8) is 0 Å². The number of fused-ring (bicyclic) bond motifs is 1. The highest BCUT2D eigenvalue weighted by Crippen LogP contribution is 2.27. The maximum absolute atomic E-state index is 13.0. The van der Waals surface area contributed by atoms with Gasteiger partial charge in [0.25, 0.3) is 0 Å². The van der Waals surface area contributed by atoms with Crippen molar-refractivity contribution in [1.29, 1.82) is 0 Å². The van der Waals surface area contributed by atoms with E-state index in [4.69, 9.17) is 9.47 Å². The summed E-state index contributed by atoms with van der Waals surface area (Å²) in [5.41, 5.74) is 3.44. The summed E-state index contributed by atoms with van der Waals surface area (Å²) in [5, 5.41) is 4.55. The first-order chi connectivity index (χ1) is 17.4. The molecule has 0 saturated heterocycles. The number of nitrogens with zero attached hydrogens (tertiary/aromatic N) is 2. The smallest absolute Gasteiger partial charge is 0.350 e. The van der Waals surface area contributed by atoms with Gasteiger partial charge in [0, 0.05) is 25.6 Å². The fourth-order valence-corrected chi connectivity index (χ4v) is 4.81. The standard InChI is InChI=1S/C27H29N3O5S/c1-19(31)29(12-10-20-6-4-3-5-7-20)17-21-8-9-24-22(16-21)18-30(13-14-35-24)27(33)28-23-11-15-36-25(23)26(32)34-2/h3-9,11,15-16H,10,12-14,17-18H2,1-2H3,(H,28,33). The molecule has 188 valence electrons. The molecule has 0 fully saturated rings. The fraction of sp³-hybridized carbons (Fsp3) is 0.296. The van der Waals surface area contributed by atoms with Gasteiger partial charge in [-0.3, -0.25) is 4.79 Å². The average Bonchev–Trinajstić information content (AvgIpc) is 3.23. The van der Waals surface area contributed by atoms with Gasteiger partial charge in [-0.25, -0.2) is 9.59 Å². The lowest BCUT2D eigenvalue weighted by Gasteiger charge is -2.23. The number of ether oxygens (including phenoxy) is 2. The number of hydrogen-bond donors (Lipinski definition) is 1. The summed E-state index contributed by atoms with van der Waals surface area (Å²) in [4.78, 5) is 41.1. The number of carbonyl (C=O) groups excluding carboxylic acids is 3. The van der Waals surface area contributed by atoms with Crippen LogP contribution in [-0.4, -0.2) is 54.5 Å². The van der Waals surface area contributed by atoms with E-state index in [9.17, 15) is 14.4 Å². The number of benzene rings is 2. The molecule has 1 aliphatic heterocycles. The Labute approximate surface area is 214 Å². The van der Waals surface area contributed by atoms with Crippen molar-refractivity contribution in [2.24, 2.45) is 0 Å².